The number of hydrogen-bond acceptors (Lipinski definition) is 6. The lowest BCUT2D eigenvalue weighted by molar-refractivity contribution is 0.0597. The lowest BCUT2D eigenvalue weighted by atomic mass is 10.1. The van der Waals surface area contributed by atoms with Crippen molar-refractivity contribution in [2.75, 3.05) is 12.4 Å². The van der Waals surface area contributed by atoms with Gasteiger partial charge in [0.25, 0.3) is 5.91 Å². The second-order valence-corrected chi connectivity index (χ2v) is 5.15. The molecule has 7 heteroatoms. The van der Waals surface area contributed by atoms with Crippen LogP contribution < -0.4 is 5.32 Å². The average molecular weight is 337 g/mol. The summed E-state index contributed by atoms with van der Waals surface area (Å²) in [7, 11) is 1.25. The summed E-state index contributed by atoms with van der Waals surface area (Å²) in [5.74, 6) is -0.750. The molecular weight excluding hydrogens is 322 g/mol. The summed E-state index contributed by atoms with van der Waals surface area (Å²) < 4.78 is 10.1. The molecule has 0 aliphatic rings. The van der Waals surface area contributed by atoms with Crippen molar-refractivity contribution in [2.45, 2.75) is 6.42 Å². The van der Waals surface area contributed by atoms with E-state index in [0.29, 0.717) is 12.3 Å². The third kappa shape index (κ3) is 3.89. The molecule has 0 saturated carbocycles. The molecule has 1 N–H and O–H groups in total. The summed E-state index contributed by atoms with van der Waals surface area (Å²) in [5.41, 5.74) is 1.34. The van der Waals surface area contributed by atoms with Crippen LogP contribution in [-0.2, 0) is 11.2 Å². The molecule has 126 valence electrons. The van der Waals surface area contributed by atoms with Crippen molar-refractivity contribution in [3.8, 4) is 0 Å². The first-order valence-electron chi connectivity index (χ1n) is 7.52. The number of carbonyl (C=O) groups is 2. The molecule has 0 bridgehead atoms. The minimum absolute atomic E-state index is 0.0319. The van der Waals surface area contributed by atoms with Crippen LogP contribution in [0.4, 0.5) is 6.01 Å². The fraction of sp³-hybridized carbons (Fsp3) is 0.111. The lowest BCUT2D eigenvalue weighted by Crippen LogP contribution is -2.17. The zero-order valence-corrected chi connectivity index (χ0v) is 13.4. The predicted molar refractivity (Wildman–Crippen MR) is 89.3 cm³/mol. The molecule has 0 saturated heterocycles. The molecule has 1 amide bonds. The monoisotopic (exact) mass is 337 g/mol. The van der Waals surface area contributed by atoms with Gasteiger partial charge in [0, 0.05) is 0 Å². The molecule has 0 spiro atoms. The number of nitrogens with zero attached hydrogens (tertiary/aromatic N) is 2. The van der Waals surface area contributed by atoms with E-state index in [2.05, 4.69) is 20.3 Å². The molecule has 1 aromatic heterocycles. The Morgan fingerprint density at radius 2 is 1.68 bits per heavy atom. The highest BCUT2D eigenvalue weighted by Crippen LogP contribution is 2.15. The van der Waals surface area contributed by atoms with Crippen LogP contribution >= 0.6 is 0 Å². The number of benzene rings is 2. The average Bonchev–Trinajstić information content (AvgIpc) is 3.08. The van der Waals surface area contributed by atoms with Crippen molar-refractivity contribution >= 4 is 17.9 Å². The Bertz CT molecular complexity index is 890. The molecule has 0 aliphatic heterocycles. The quantitative estimate of drug-likeness (QED) is 0.719. The van der Waals surface area contributed by atoms with E-state index in [0.717, 1.165) is 5.56 Å². The van der Waals surface area contributed by atoms with E-state index in [9.17, 15) is 9.59 Å². The number of rotatable bonds is 5. The number of hydrogen-bond donors (Lipinski definition) is 1. The van der Waals surface area contributed by atoms with Gasteiger partial charge in [-0.05, 0) is 17.7 Å². The molecule has 3 rings (SSSR count). The molecule has 0 aliphatic carbocycles. The van der Waals surface area contributed by atoms with E-state index in [1.54, 1.807) is 12.1 Å². The highest BCUT2D eigenvalue weighted by Gasteiger charge is 2.19. The van der Waals surface area contributed by atoms with Crippen LogP contribution in [0.1, 0.15) is 32.2 Å². The Kier molecular flexibility index (Phi) is 4.84. The van der Waals surface area contributed by atoms with Gasteiger partial charge >= 0.3 is 12.0 Å². The van der Waals surface area contributed by atoms with Gasteiger partial charge in [-0.3, -0.25) is 10.1 Å². The van der Waals surface area contributed by atoms with Gasteiger partial charge in [-0.25, -0.2) is 4.79 Å². The molecule has 3 aromatic rings. The number of ether oxygens (including phenoxy) is 1. The smallest absolute Gasteiger partial charge is 0.338 e. The standard InChI is InChI=1S/C18H15N3O4/c1-24-17(23)14-10-6-5-9-13(14)16(22)19-18-21-20-15(25-18)11-12-7-3-2-4-8-12/h2-10H,11H2,1H3,(H,19,21,22). The van der Waals surface area contributed by atoms with Crippen molar-refractivity contribution in [3.05, 3.63) is 77.2 Å². The zero-order valence-electron chi connectivity index (χ0n) is 13.4. The molecule has 7 nitrogen and oxygen atoms in total. The van der Waals surface area contributed by atoms with Crippen molar-refractivity contribution in [1.29, 1.82) is 0 Å². The third-order valence-electron chi connectivity index (χ3n) is 3.46. The van der Waals surface area contributed by atoms with E-state index < -0.39 is 11.9 Å². The third-order valence-corrected chi connectivity index (χ3v) is 3.46. The maximum Gasteiger partial charge on any atom is 0.338 e. The Morgan fingerprint density at radius 1 is 1.00 bits per heavy atom. The van der Waals surface area contributed by atoms with E-state index in [1.165, 1.54) is 19.2 Å². The molecule has 0 radical (unpaired) electrons. The maximum atomic E-state index is 12.4. The Hall–Kier alpha value is -3.48. The van der Waals surface area contributed by atoms with Gasteiger partial charge in [-0.15, -0.1) is 5.10 Å². The van der Waals surface area contributed by atoms with Crippen LogP contribution in [0.3, 0.4) is 0 Å². The van der Waals surface area contributed by atoms with Gasteiger partial charge in [0.1, 0.15) is 0 Å². The highest BCUT2D eigenvalue weighted by molar-refractivity contribution is 6.10. The van der Waals surface area contributed by atoms with Gasteiger partial charge in [-0.2, -0.15) is 0 Å². The summed E-state index contributed by atoms with van der Waals surface area (Å²) in [6, 6.07) is 15.9. The van der Waals surface area contributed by atoms with Crippen LogP contribution in [0.5, 0.6) is 0 Å². The number of carbonyl (C=O) groups excluding carboxylic acids is 2. The van der Waals surface area contributed by atoms with Gasteiger partial charge in [-0.1, -0.05) is 47.6 Å². The molecule has 25 heavy (non-hydrogen) atoms. The number of anilines is 1. The Labute approximate surface area is 143 Å². The minimum Gasteiger partial charge on any atom is -0.465 e. The molecule has 0 fully saturated rings. The highest BCUT2D eigenvalue weighted by atomic mass is 16.5. The zero-order chi connectivity index (χ0) is 17.6. The number of esters is 1. The summed E-state index contributed by atoms with van der Waals surface area (Å²) in [6.45, 7) is 0. The van der Waals surface area contributed by atoms with Crippen LogP contribution in [0.25, 0.3) is 0 Å². The van der Waals surface area contributed by atoms with Crippen LogP contribution in [0, 0.1) is 0 Å². The van der Waals surface area contributed by atoms with Crippen molar-refractivity contribution in [2.24, 2.45) is 0 Å². The van der Waals surface area contributed by atoms with Crippen LogP contribution in [0.15, 0.2) is 59.0 Å². The van der Waals surface area contributed by atoms with Gasteiger partial charge < -0.3 is 9.15 Å². The van der Waals surface area contributed by atoms with E-state index in [4.69, 9.17) is 4.42 Å². The summed E-state index contributed by atoms with van der Waals surface area (Å²) >= 11 is 0. The van der Waals surface area contributed by atoms with Crippen molar-refractivity contribution in [1.82, 2.24) is 10.2 Å². The lowest BCUT2D eigenvalue weighted by Gasteiger charge is -2.06. The topological polar surface area (TPSA) is 94.3 Å². The van der Waals surface area contributed by atoms with E-state index in [-0.39, 0.29) is 17.1 Å². The number of amides is 1. The SMILES string of the molecule is COC(=O)c1ccccc1C(=O)Nc1nnc(Cc2ccccc2)o1. The second kappa shape index (κ2) is 7.39. The first kappa shape index (κ1) is 16.4. The maximum absolute atomic E-state index is 12.4. The van der Waals surface area contributed by atoms with E-state index in [1.807, 2.05) is 30.3 Å². The van der Waals surface area contributed by atoms with Crippen LogP contribution in [-0.4, -0.2) is 29.2 Å². The molecule has 0 unspecified atom stereocenters. The number of methoxy groups -OCH3 is 1. The molecular formula is C18H15N3O4. The number of nitrogens with one attached hydrogen (secondary N) is 1. The summed E-state index contributed by atoms with van der Waals surface area (Å²) in [4.78, 5) is 24.1. The normalized spacial score (nSPS) is 10.3. The Morgan fingerprint density at radius 3 is 2.40 bits per heavy atom. The fourth-order valence-electron chi connectivity index (χ4n) is 2.28. The first-order chi connectivity index (χ1) is 12.2. The van der Waals surface area contributed by atoms with Crippen molar-refractivity contribution in [3.63, 3.8) is 0 Å². The predicted octanol–water partition coefficient (Wildman–Crippen LogP) is 2.70. The first-order valence-corrected chi connectivity index (χ1v) is 7.52. The largest absolute Gasteiger partial charge is 0.465 e. The summed E-state index contributed by atoms with van der Waals surface area (Å²) in [6.07, 6.45) is 0.461. The van der Waals surface area contributed by atoms with Gasteiger partial charge in [0.05, 0.1) is 24.7 Å². The van der Waals surface area contributed by atoms with Crippen LogP contribution in [0.2, 0.25) is 0 Å². The second-order valence-electron chi connectivity index (χ2n) is 5.15. The molecule has 0 atom stereocenters. The molecule has 2 aromatic carbocycles. The van der Waals surface area contributed by atoms with Crippen molar-refractivity contribution < 1.29 is 18.7 Å². The van der Waals surface area contributed by atoms with Gasteiger partial charge in [0.15, 0.2) is 0 Å². The minimum atomic E-state index is -0.596. The van der Waals surface area contributed by atoms with E-state index >= 15 is 0 Å². The van der Waals surface area contributed by atoms with Gasteiger partial charge in [0.2, 0.25) is 5.89 Å². The molecule has 1 heterocycles. The number of aromatic nitrogens is 2. The fourth-order valence-corrected chi connectivity index (χ4v) is 2.28. The Balaban J connectivity index is 1.73. The summed E-state index contributed by atoms with van der Waals surface area (Å²) in [5, 5.41) is 10.2.